The highest BCUT2D eigenvalue weighted by Crippen LogP contribution is 2.19. The zero-order valence-corrected chi connectivity index (χ0v) is 19.2. The maximum absolute atomic E-state index is 14.8. The van der Waals surface area contributed by atoms with E-state index in [9.17, 15) is 14.0 Å². The number of carbonyl (C=O) groups excluding carboxylic acids is 2. The fourth-order valence-electron chi connectivity index (χ4n) is 3.22. The molecule has 176 valence electrons. The van der Waals surface area contributed by atoms with E-state index >= 15 is 0 Å². The van der Waals surface area contributed by atoms with Gasteiger partial charge in [0.25, 0.3) is 0 Å². The van der Waals surface area contributed by atoms with Crippen LogP contribution in [0.1, 0.15) is 33.4 Å². The Morgan fingerprint density at radius 1 is 0.686 bits per heavy atom. The van der Waals surface area contributed by atoms with E-state index in [2.05, 4.69) is 13.2 Å². The highest BCUT2D eigenvalue weighted by Gasteiger charge is 2.05. The summed E-state index contributed by atoms with van der Waals surface area (Å²) in [6.45, 7) is 7.00. The van der Waals surface area contributed by atoms with Gasteiger partial charge in [-0.05, 0) is 33.9 Å². The standard InChI is InChI=1S/C30H25FO4/c1-3-29(32)34-20-26-11-7-5-9-23(26)15-13-22-14-16-25(28(31)19-22)18-17-24-10-6-8-12-27(24)21-35-30(33)4-2/h3-19H,1-2,20-21H2. The van der Waals surface area contributed by atoms with Crippen molar-refractivity contribution >= 4 is 36.2 Å². The quantitative estimate of drug-likeness (QED) is 0.191. The monoisotopic (exact) mass is 468 g/mol. The largest absolute Gasteiger partial charge is 0.458 e. The van der Waals surface area contributed by atoms with Crippen LogP contribution in [0.2, 0.25) is 0 Å². The summed E-state index contributed by atoms with van der Waals surface area (Å²) in [6, 6.07) is 19.9. The number of halogens is 1. The third-order valence-corrected chi connectivity index (χ3v) is 5.11. The molecule has 0 spiro atoms. The van der Waals surface area contributed by atoms with Gasteiger partial charge in [0.2, 0.25) is 0 Å². The second kappa shape index (κ2) is 12.7. The van der Waals surface area contributed by atoms with Gasteiger partial charge < -0.3 is 9.47 Å². The summed E-state index contributed by atoms with van der Waals surface area (Å²) >= 11 is 0. The smallest absolute Gasteiger partial charge is 0.330 e. The summed E-state index contributed by atoms with van der Waals surface area (Å²) < 4.78 is 25.0. The maximum atomic E-state index is 14.8. The Morgan fingerprint density at radius 2 is 1.17 bits per heavy atom. The van der Waals surface area contributed by atoms with E-state index in [0.717, 1.165) is 34.4 Å². The highest BCUT2D eigenvalue weighted by atomic mass is 19.1. The molecule has 3 rings (SSSR count). The van der Waals surface area contributed by atoms with Crippen LogP contribution in [0.25, 0.3) is 24.3 Å². The number of carbonyl (C=O) groups is 2. The highest BCUT2D eigenvalue weighted by molar-refractivity contribution is 5.82. The Kier molecular flexibility index (Phi) is 9.08. The number of benzene rings is 3. The molecular weight excluding hydrogens is 443 g/mol. The van der Waals surface area contributed by atoms with Crippen LogP contribution < -0.4 is 0 Å². The van der Waals surface area contributed by atoms with Gasteiger partial charge in [-0.2, -0.15) is 0 Å². The zero-order valence-electron chi connectivity index (χ0n) is 19.2. The summed E-state index contributed by atoms with van der Waals surface area (Å²) in [5.41, 5.74) is 4.43. The van der Waals surface area contributed by atoms with Crippen LogP contribution >= 0.6 is 0 Å². The number of ether oxygens (including phenoxy) is 2. The van der Waals surface area contributed by atoms with Crippen molar-refractivity contribution in [3.63, 3.8) is 0 Å². The molecule has 0 N–H and O–H groups in total. The zero-order chi connectivity index (χ0) is 25.0. The third-order valence-electron chi connectivity index (χ3n) is 5.11. The first-order chi connectivity index (χ1) is 17.0. The predicted molar refractivity (Wildman–Crippen MR) is 137 cm³/mol. The molecule has 0 aliphatic rings. The van der Waals surface area contributed by atoms with Gasteiger partial charge in [0.15, 0.2) is 0 Å². The first-order valence-electron chi connectivity index (χ1n) is 10.9. The Bertz CT molecular complexity index is 1290. The van der Waals surface area contributed by atoms with Gasteiger partial charge >= 0.3 is 11.9 Å². The van der Waals surface area contributed by atoms with E-state index in [-0.39, 0.29) is 19.0 Å². The van der Waals surface area contributed by atoms with Crippen molar-refractivity contribution in [3.8, 4) is 0 Å². The minimum Gasteiger partial charge on any atom is -0.458 e. The van der Waals surface area contributed by atoms with Crippen molar-refractivity contribution in [1.29, 1.82) is 0 Å². The van der Waals surface area contributed by atoms with E-state index in [1.807, 2.05) is 60.7 Å². The van der Waals surface area contributed by atoms with E-state index in [4.69, 9.17) is 9.47 Å². The summed E-state index contributed by atoms with van der Waals surface area (Å²) in [6.07, 6.45) is 9.34. The lowest BCUT2D eigenvalue weighted by Crippen LogP contribution is -2.01. The lowest BCUT2D eigenvalue weighted by atomic mass is 10.0. The average molecular weight is 469 g/mol. The van der Waals surface area contributed by atoms with Crippen molar-refractivity contribution in [3.05, 3.63) is 131 Å². The van der Waals surface area contributed by atoms with Crippen LogP contribution in [0.15, 0.2) is 92.0 Å². The lowest BCUT2D eigenvalue weighted by Gasteiger charge is -2.07. The second-order valence-electron chi connectivity index (χ2n) is 7.47. The molecule has 0 aromatic heterocycles. The lowest BCUT2D eigenvalue weighted by molar-refractivity contribution is -0.139. The van der Waals surface area contributed by atoms with Crippen LogP contribution in [0.4, 0.5) is 4.39 Å². The van der Waals surface area contributed by atoms with E-state index in [1.54, 1.807) is 24.3 Å². The summed E-state index contributed by atoms with van der Waals surface area (Å²) in [5, 5.41) is 0. The molecule has 0 saturated heterocycles. The Morgan fingerprint density at radius 3 is 1.69 bits per heavy atom. The van der Waals surface area contributed by atoms with E-state index < -0.39 is 11.9 Å². The molecule has 3 aromatic rings. The van der Waals surface area contributed by atoms with Gasteiger partial charge in [-0.3, -0.25) is 0 Å². The first kappa shape index (κ1) is 25.1. The molecule has 0 unspecified atom stereocenters. The van der Waals surface area contributed by atoms with E-state index in [1.165, 1.54) is 6.07 Å². The number of hydrogen-bond acceptors (Lipinski definition) is 4. The topological polar surface area (TPSA) is 52.6 Å². The molecule has 0 bridgehead atoms. The molecule has 3 aromatic carbocycles. The second-order valence-corrected chi connectivity index (χ2v) is 7.47. The van der Waals surface area contributed by atoms with Crippen LogP contribution in [0.3, 0.4) is 0 Å². The molecule has 0 saturated carbocycles. The molecule has 0 fully saturated rings. The van der Waals surface area contributed by atoms with Crippen molar-refractivity contribution < 1.29 is 23.5 Å². The van der Waals surface area contributed by atoms with Gasteiger partial charge in [0, 0.05) is 17.7 Å². The fraction of sp³-hybridized carbons (Fsp3) is 0.0667. The van der Waals surface area contributed by atoms with E-state index in [0.29, 0.717) is 11.1 Å². The van der Waals surface area contributed by atoms with Gasteiger partial charge in [-0.1, -0.05) is 98.1 Å². The number of esters is 2. The van der Waals surface area contributed by atoms with Gasteiger partial charge in [-0.25, -0.2) is 14.0 Å². The van der Waals surface area contributed by atoms with Crippen molar-refractivity contribution in [1.82, 2.24) is 0 Å². The molecule has 0 aliphatic heterocycles. The minimum absolute atomic E-state index is 0.103. The van der Waals surface area contributed by atoms with Crippen molar-refractivity contribution in [2.45, 2.75) is 13.2 Å². The van der Waals surface area contributed by atoms with Crippen LogP contribution in [0, 0.1) is 5.82 Å². The summed E-state index contributed by atoms with van der Waals surface area (Å²) in [4.78, 5) is 22.7. The normalized spacial score (nSPS) is 10.9. The Labute approximate surface area is 204 Å². The van der Waals surface area contributed by atoms with Gasteiger partial charge in [-0.15, -0.1) is 0 Å². The fourth-order valence-corrected chi connectivity index (χ4v) is 3.22. The molecule has 0 aliphatic carbocycles. The molecule has 35 heavy (non-hydrogen) atoms. The molecule has 0 amide bonds. The van der Waals surface area contributed by atoms with Crippen molar-refractivity contribution in [2.75, 3.05) is 0 Å². The van der Waals surface area contributed by atoms with Crippen LogP contribution in [-0.2, 0) is 32.3 Å². The molecular formula is C30H25FO4. The number of hydrogen-bond donors (Lipinski definition) is 0. The molecule has 0 radical (unpaired) electrons. The van der Waals surface area contributed by atoms with Crippen LogP contribution in [-0.4, -0.2) is 11.9 Å². The molecule has 5 heteroatoms. The average Bonchev–Trinajstić information content (AvgIpc) is 2.89. The molecule has 0 atom stereocenters. The first-order valence-corrected chi connectivity index (χ1v) is 10.9. The maximum Gasteiger partial charge on any atom is 0.330 e. The van der Waals surface area contributed by atoms with Gasteiger partial charge in [0.05, 0.1) is 0 Å². The van der Waals surface area contributed by atoms with Gasteiger partial charge in [0.1, 0.15) is 19.0 Å². The summed E-state index contributed by atoms with van der Waals surface area (Å²) in [7, 11) is 0. The number of rotatable bonds is 10. The van der Waals surface area contributed by atoms with Crippen LogP contribution in [0.5, 0.6) is 0 Å². The SMILES string of the molecule is C=CC(=O)OCc1ccccc1C=Cc1ccc(C=Cc2ccccc2COC(=O)C=C)c(F)c1. The predicted octanol–water partition coefficient (Wildman–Crippen LogP) is 6.62. The third kappa shape index (κ3) is 7.51. The Balaban J connectivity index is 1.73. The summed E-state index contributed by atoms with van der Waals surface area (Å²) in [5.74, 6) is -1.36. The molecule has 4 nitrogen and oxygen atoms in total. The Hall–Kier alpha value is -4.51. The molecule has 0 heterocycles. The van der Waals surface area contributed by atoms with Crippen molar-refractivity contribution in [2.24, 2.45) is 0 Å². The minimum atomic E-state index is -0.501.